The van der Waals surface area contributed by atoms with Crippen molar-refractivity contribution in [1.82, 2.24) is 0 Å². The van der Waals surface area contributed by atoms with Gasteiger partial charge < -0.3 is 0 Å². The van der Waals surface area contributed by atoms with Crippen LogP contribution >= 0.6 is 0 Å². The molecule has 0 aliphatic heterocycles. The van der Waals surface area contributed by atoms with E-state index in [-0.39, 0.29) is 0 Å². The fourth-order valence-electron chi connectivity index (χ4n) is 1.47. The summed E-state index contributed by atoms with van der Waals surface area (Å²) in [5, 5.41) is 0. The Kier molecular flexibility index (Phi) is 8.61. The zero-order valence-electron chi connectivity index (χ0n) is 9.72. The van der Waals surface area contributed by atoms with E-state index >= 15 is 0 Å². The molecular formula is C13H24O. The normalized spacial score (nSPS) is 12.4. The molecule has 1 nitrogen and oxygen atoms in total. The van der Waals surface area contributed by atoms with E-state index in [2.05, 4.69) is 13.5 Å². The SMILES string of the molecule is C=CC(C)CC(=O)CCCCCCC. The van der Waals surface area contributed by atoms with Gasteiger partial charge in [-0.2, -0.15) is 0 Å². The topological polar surface area (TPSA) is 17.1 Å². The maximum Gasteiger partial charge on any atom is 0.133 e. The first-order valence-electron chi connectivity index (χ1n) is 5.85. The molecule has 0 rings (SSSR count). The van der Waals surface area contributed by atoms with Crippen LogP contribution in [0.4, 0.5) is 0 Å². The lowest BCUT2D eigenvalue weighted by molar-refractivity contribution is -0.119. The van der Waals surface area contributed by atoms with Gasteiger partial charge >= 0.3 is 0 Å². The van der Waals surface area contributed by atoms with Gasteiger partial charge in [0.25, 0.3) is 0 Å². The number of carbonyl (C=O) groups is 1. The third kappa shape index (κ3) is 8.03. The lowest BCUT2D eigenvalue weighted by Gasteiger charge is -2.04. The summed E-state index contributed by atoms with van der Waals surface area (Å²) >= 11 is 0. The first-order chi connectivity index (χ1) is 6.70. The Bertz CT molecular complexity index is 161. The molecule has 0 aromatic carbocycles. The number of allylic oxidation sites excluding steroid dienone is 1. The largest absolute Gasteiger partial charge is 0.300 e. The minimum atomic E-state index is 0.346. The second kappa shape index (κ2) is 8.98. The average Bonchev–Trinajstić information content (AvgIpc) is 2.17. The molecule has 14 heavy (non-hydrogen) atoms. The number of ketones is 1. The van der Waals surface area contributed by atoms with Gasteiger partial charge in [0.1, 0.15) is 5.78 Å². The van der Waals surface area contributed by atoms with Crippen molar-refractivity contribution in [2.45, 2.75) is 58.8 Å². The molecule has 0 aliphatic carbocycles. The van der Waals surface area contributed by atoms with Crippen LogP contribution in [0, 0.1) is 5.92 Å². The summed E-state index contributed by atoms with van der Waals surface area (Å²) in [5.41, 5.74) is 0. The zero-order valence-corrected chi connectivity index (χ0v) is 9.72. The van der Waals surface area contributed by atoms with Crippen LogP contribution in [0.5, 0.6) is 0 Å². The maximum atomic E-state index is 11.4. The molecule has 82 valence electrons. The summed E-state index contributed by atoms with van der Waals surface area (Å²) in [6.45, 7) is 7.93. The van der Waals surface area contributed by atoms with Crippen molar-refractivity contribution in [2.24, 2.45) is 5.92 Å². The molecule has 0 aromatic rings. The molecule has 0 heterocycles. The molecule has 1 heteroatoms. The van der Waals surface area contributed by atoms with E-state index in [0.29, 0.717) is 18.1 Å². The summed E-state index contributed by atoms with van der Waals surface area (Å²) in [4.78, 5) is 11.4. The summed E-state index contributed by atoms with van der Waals surface area (Å²) in [5.74, 6) is 0.743. The highest BCUT2D eigenvalue weighted by atomic mass is 16.1. The molecule has 0 aromatic heterocycles. The van der Waals surface area contributed by atoms with Crippen LogP contribution in [0.3, 0.4) is 0 Å². The highest BCUT2D eigenvalue weighted by Gasteiger charge is 2.05. The van der Waals surface area contributed by atoms with Crippen molar-refractivity contribution in [3.8, 4) is 0 Å². The lowest BCUT2D eigenvalue weighted by atomic mass is 10.0. The van der Waals surface area contributed by atoms with Crippen molar-refractivity contribution in [3.63, 3.8) is 0 Å². The summed E-state index contributed by atoms with van der Waals surface area (Å²) in [6, 6.07) is 0. The summed E-state index contributed by atoms with van der Waals surface area (Å²) in [7, 11) is 0. The van der Waals surface area contributed by atoms with Crippen LogP contribution in [0.2, 0.25) is 0 Å². The lowest BCUT2D eigenvalue weighted by Crippen LogP contribution is -2.03. The smallest absolute Gasteiger partial charge is 0.133 e. The van der Waals surface area contributed by atoms with Crippen molar-refractivity contribution in [3.05, 3.63) is 12.7 Å². The van der Waals surface area contributed by atoms with Crippen molar-refractivity contribution in [2.75, 3.05) is 0 Å². The Morgan fingerprint density at radius 2 is 1.93 bits per heavy atom. The minimum absolute atomic E-state index is 0.346. The van der Waals surface area contributed by atoms with Gasteiger partial charge in [-0.15, -0.1) is 6.58 Å². The van der Waals surface area contributed by atoms with Gasteiger partial charge in [0.15, 0.2) is 0 Å². The molecule has 0 fully saturated rings. The molecular weight excluding hydrogens is 172 g/mol. The molecule has 0 saturated heterocycles. The Balaban J connectivity index is 3.31. The molecule has 0 spiro atoms. The predicted octanol–water partition coefficient (Wildman–Crippen LogP) is 4.13. The van der Waals surface area contributed by atoms with Gasteiger partial charge in [-0.05, 0) is 12.3 Å². The van der Waals surface area contributed by atoms with Crippen molar-refractivity contribution in [1.29, 1.82) is 0 Å². The standard InChI is InChI=1S/C13H24O/c1-4-6-7-8-9-10-13(14)11-12(3)5-2/h5,12H,2,4,6-11H2,1,3H3. The van der Waals surface area contributed by atoms with Crippen LogP contribution < -0.4 is 0 Å². The van der Waals surface area contributed by atoms with E-state index in [0.717, 1.165) is 12.8 Å². The molecule has 1 unspecified atom stereocenters. The Labute approximate surface area is 88.6 Å². The zero-order chi connectivity index (χ0) is 10.8. The number of hydrogen-bond acceptors (Lipinski definition) is 1. The molecule has 0 radical (unpaired) electrons. The molecule has 0 aliphatic rings. The fourth-order valence-corrected chi connectivity index (χ4v) is 1.47. The van der Waals surface area contributed by atoms with E-state index in [4.69, 9.17) is 0 Å². The second-order valence-electron chi connectivity index (χ2n) is 4.12. The number of rotatable bonds is 9. The Hall–Kier alpha value is -0.590. The fraction of sp³-hybridized carbons (Fsp3) is 0.769. The summed E-state index contributed by atoms with van der Waals surface area (Å²) in [6.07, 6.45) is 9.43. The van der Waals surface area contributed by atoms with Crippen molar-refractivity contribution >= 4 is 5.78 Å². The Morgan fingerprint density at radius 1 is 1.29 bits per heavy atom. The number of carbonyl (C=O) groups excluding carboxylic acids is 1. The monoisotopic (exact) mass is 196 g/mol. The first-order valence-corrected chi connectivity index (χ1v) is 5.85. The van der Waals surface area contributed by atoms with Crippen LogP contribution in [0.1, 0.15) is 58.8 Å². The van der Waals surface area contributed by atoms with E-state index < -0.39 is 0 Å². The van der Waals surface area contributed by atoms with Crippen molar-refractivity contribution < 1.29 is 4.79 Å². The van der Waals surface area contributed by atoms with E-state index in [1.54, 1.807) is 0 Å². The van der Waals surface area contributed by atoms with Crippen LogP contribution in [-0.2, 0) is 4.79 Å². The number of hydrogen-bond donors (Lipinski definition) is 0. The van der Waals surface area contributed by atoms with E-state index in [1.807, 2.05) is 13.0 Å². The third-order valence-electron chi connectivity index (χ3n) is 2.51. The van der Waals surface area contributed by atoms with E-state index in [1.165, 1.54) is 25.7 Å². The summed E-state index contributed by atoms with van der Waals surface area (Å²) < 4.78 is 0. The molecule has 0 amide bonds. The van der Waals surface area contributed by atoms with Crippen LogP contribution in [0.25, 0.3) is 0 Å². The minimum Gasteiger partial charge on any atom is -0.300 e. The quantitative estimate of drug-likeness (QED) is 0.400. The second-order valence-corrected chi connectivity index (χ2v) is 4.12. The third-order valence-corrected chi connectivity index (χ3v) is 2.51. The highest BCUT2D eigenvalue weighted by Crippen LogP contribution is 2.10. The molecule has 0 saturated carbocycles. The van der Waals surface area contributed by atoms with Gasteiger partial charge in [-0.25, -0.2) is 0 Å². The highest BCUT2D eigenvalue weighted by molar-refractivity contribution is 5.78. The van der Waals surface area contributed by atoms with Crippen LogP contribution in [0.15, 0.2) is 12.7 Å². The molecule has 0 bridgehead atoms. The molecule has 0 N–H and O–H groups in total. The van der Waals surface area contributed by atoms with Gasteiger partial charge in [-0.1, -0.05) is 45.6 Å². The first kappa shape index (κ1) is 13.4. The van der Waals surface area contributed by atoms with Gasteiger partial charge in [0, 0.05) is 12.8 Å². The van der Waals surface area contributed by atoms with Gasteiger partial charge in [0.05, 0.1) is 0 Å². The van der Waals surface area contributed by atoms with Gasteiger partial charge in [-0.3, -0.25) is 4.79 Å². The van der Waals surface area contributed by atoms with Crippen LogP contribution in [-0.4, -0.2) is 5.78 Å². The predicted molar refractivity (Wildman–Crippen MR) is 62.4 cm³/mol. The maximum absolute atomic E-state index is 11.4. The average molecular weight is 196 g/mol. The van der Waals surface area contributed by atoms with E-state index in [9.17, 15) is 4.79 Å². The van der Waals surface area contributed by atoms with Gasteiger partial charge in [0.2, 0.25) is 0 Å². The molecule has 1 atom stereocenters. The number of Topliss-reactive ketones (excluding diaryl/α,β-unsaturated/α-hetero) is 1. The number of unbranched alkanes of at least 4 members (excludes halogenated alkanes) is 4. The Morgan fingerprint density at radius 3 is 2.50 bits per heavy atom.